The van der Waals surface area contributed by atoms with Gasteiger partial charge in [0, 0.05) is 20.1 Å². The van der Waals surface area contributed by atoms with Crippen LogP contribution in [0, 0.1) is 5.92 Å². The van der Waals surface area contributed by atoms with E-state index in [1.165, 1.54) is 44.3 Å². The second-order valence-electron chi connectivity index (χ2n) is 5.74. The summed E-state index contributed by atoms with van der Waals surface area (Å²) < 4.78 is 0. The van der Waals surface area contributed by atoms with E-state index in [0.717, 1.165) is 24.6 Å². The Balaban J connectivity index is 1.91. The molecule has 1 N–H and O–H groups in total. The maximum atomic E-state index is 4.35. The summed E-state index contributed by atoms with van der Waals surface area (Å²) in [5, 5.41) is 3.40. The lowest BCUT2D eigenvalue weighted by Gasteiger charge is -2.28. The Labute approximate surface area is 117 Å². The lowest BCUT2D eigenvalue weighted by molar-refractivity contribution is 0.362. The van der Waals surface area contributed by atoms with Gasteiger partial charge in [-0.25, -0.2) is 0 Å². The molecular formula is C16H27N3. The minimum Gasteiger partial charge on any atom is -0.384 e. The van der Waals surface area contributed by atoms with Crippen LogP contribution in [0.25, 0.3) is 0 Å². The zero-order valence-electron chi connectivity index (χ0n) is 12.4. The number of hydrogen-bond acceptors (Lipinski definition) is 3. The van der Waals surface area contributed by atoms with Crippen molar-refractivity contribution in [2.24, 2.45) is 5.92 Å². The van der Waals surface area contributed by atoms with Crippen LogP contribution in [0.15, 0.2) is 18.5 Å². The average Bonchev–Trinajstić information content (AvgIpc) is 2.46. The first kappa shape index (κ1) is 14.2. The van der Waals surface area contributed by atoms with E-state index in [4.69, 9.17) is 0 Å². The predicted octanol–water partition coefficient (Wildman–Crippen LogP) is 3.92. The number of rotatable bonds is 6. The first-order valence-corrected chi connectivity index (χ1v) is 7.69. The van der Waals surface area contributed by atoms with E-state index in [9.17, 15) is 0 Å². The van der Waals surface area contributed by atoms with Crippen molar-refractivity contribution >= 4 is 11.4 Å². The van der Waals surface area contributed by atoms with Crippen molar-refractivity contribution in [2.45, 2.75) is 45.4 Å². The van der Waals surface area contributed by atoms with Gasteiger partial charge in [0.05, 0.1) is 23.8 Å². The Hall–Kier alpha value is -1.25. The van der Waals surface area contributed by atoms with Crippen LogP contribution in [0.2, 0.25) is 0 Å². The van der Waals surface area contributed by atoms with Gasteiger partial charge in [0.2, 0.25) is 0 Å². The van der Waals surface area contributed by atoms with Crippen LogP contribution in [-0.2, 0) is 0 Å². The normalized spacial score (nSPS) is 16.3. The van der Waals surface area contributed by atoms with Crippen LogP contribution in [0.4, 0.5) is 11.4 Å². The molecule has 0 atom stereocenters. The molecule has 0 spiro atoms. The van der Waals surface area contributed by atoms with Crippen molar-refractivity contribution < 1.29 is 0 Å². The highest BCUT2D eigenvalue weighted by molar-refractivity contribution is 5.55. The highest BCUT2D eigenvalue weighted by Crippen LogP contribution is 2.26. The molecule has 0 aromatic carbocycles. The molecule has 1 fully saturated rings. The van der Waals surface area contributed by atoms with E-state index in [0.29, 0.717) is 0 Å². The summed E-state index contributed by atoms with van der Waals surface area (Å²) >= 11 is 0. The third-order valence-corrected chi connectivity index (χ3v) is 4.00. The molecule has 2 rings (SSSR count). The third kappa shape index (κ3) is 4.41. The Morgan fingerprint density at radius 3 is 2.79 bits per heavy atom. The quantitative estimate of drug-likeness (QED) is 0.841. The molecular weight excluding hydrogens is 234 g/mol. The number of nitrogens with one attached hydrogen (secondary N) is 1. The van der Waals surface area contributed by atoms with Gasteiger partial charge < -0.3 is 10.2 Å². The highest BCUT2D eigenvalue weighted by atomic mass is 15.1. The molecule has 0 bridgehead atoms. The molecule has 1 aliphatic rings. The van der Waals surface area contributed by atoms with Crippen molar-refractivity contribution in [3.63, 3.8) is 0 Å². The summed E-state index contributed by atoms with van der Waals surface area (Å²) in [6.45, 7) is 4.36. The van der Waals surface area contributed by atoms with Crippen molar-refractivity contribution in [2.75, 3.05) is 30.4 Å². The summed E-state index contributed by atoms with van der Waals surface area (Å²) in [4.78, 5) is 6.71. The van der Waals surface area contributed by atoms with Gasteiger partial charge in [0.1, 0.15) is 0 Å². The topological polar surface area (TPSA) is 28.2 Å². The number of pyridine rings is 1. The molecule has 3 nitrogen and oxygen atoms in total. The Bertz CT molecular complexity index is 372. The summed E-state index contributed by atoms with van der Waals surface area (Å²) in [6.07, 6.45) is 12.1. The van der Waals surface area contributed by atoms with Crippen LogP contribution in [-0.4, -0.2) is 25.1 Å². The van der Waals surface area contributed by atoms with Crippen molar-refractivity contribution in [3.8, 4) is 0 Å². The van der Waals surface area contributed by atoms with Crippen LogP contribution in [0.1, 0.15) is 45.4 Å². The molecule has 19 heavy (non-hydrogen) atoms. The van der Waals surface area contributed by atoms with Crippen LogP contribution in [0.3, 0.4) is 0 Å². The van der Waals surface area contributed by atoms with Gasteiger partial charge in [0.25, 0.3) is 0 Å². The molecule has 0 aliphatic heterocycles. The molecule has 1 aromatic heterocycles. The van der Waals surface area contributed by atoms with Crippen molar-refractivity contribution in [3.05, 3.63) is 18.5 Å². The van der Waals surface area contributed by atoms with Crippen LogP contribution < -0.4 is 10.2 Å². The second kappa shape index (κ2) is 7.37. The van der Waals surface area contributed by atoms with E-state index in [2.05, 4.69) is 35.2 Å². The number of nitrogens with zero attached hydrogens (tertiary/aromatic N) is 2. The smallest absolute Gasteiger partial charge is 0.0570 e. The maximum Gasteiger partial charge on any atom is 0.0570 e. The van der Waals surface area contributed by atoms with Crippen molar-refractivity contribution in [1.82, 2.24) is 4.98 Å². The SMILES string of the molecule is CCCNc1cncc(N(C)CC2CCCCC2)c1. The Morgan fingerprint density at radius 2 is 2.05 bits per heavy atom. The second-order valence-corrected chi connectivity index (χ2v) is 5.74. The highest BCUT2D eigenvalue weighted by Gasteiger charge is 2.15. The standard InChI is InChI=1S/C16H27N3/c1-3-9-18-15-10-16(12-17-11-15)19(2)13-14-7-5-4-6-8-14/h10-12,14,18H,3-9,13H2,1-2H3. The van der Waals surface area contributed by atoms with Gasteiger partial charge in [-0.15, -0.1) is 0 Å². The minimum absolute atomic E-state index is 0.867. The average molecular weight is 261 g/mol. The fraction of sp³-hybridized carbons (Fsp3) is 0.688. The Kier molecular flexibility index (Phi) is 5.49. The lowest BCUT2D eigenvalue weighted by atomic mass is 9.89. The van der Waals surface area contributed by atoms with Gasteiger partial charge in [-0.2, -0.15) is 0 Å². The van der Waals surface area contributed by atoms with Gasteiger partial charge in [-0.3, -0.25) is 4.98 Å². The molecule has 106 valence electrons. The molecule has 1 heterocycles. The summed E-state index contributed by atoms with van der Waals surface area (Å²) in [5.74, 6) is 0.867. The van der Waals surface area contributed by atoms with E-state index in [1.807, 2.05) is 12.4 Å². The van der Waals surface area contributed by atoms with Gasteiger partial charge >= 0.3 is 0 Å². The van der Waals surface area contributed by atoms with Crippen LogP contribution in [0.5, 0.6) is 0 Å². The maximum absolute atomic E-state index is 4.35. The largest absolute Gasteiger partial charge is 0.384 e. The molecule has 0 unspecified atom stereocenters. The predicted molar refractivity (Wildman–Crippen MR) is 82.9 cm³/mol. The number of hydrogen-bond donors (Lipinski definition) is 1. The summed E-state index contributed by atoms with van der Waals surface area (Å²) in [5.41, 5.74) is 2.36. The number of aromatic nitrogens is 1. The summed E-state index contributed by atoms with van der Waals surface area (Å²) in [6, 6.07) is 2.21. The van der Waals surface area contributed by atoms with Gasteiger partial charge in [0.15, 0.2) is 0 Å². The fourth-order valence-corrected chi connectivity index (χ4v) is 2.86. The number of anilines is 2. The molecule has 0 saturated heterocycles. The van der Waals surface area contributed by atoms with Gasteiger partial charge in [-0.05, 0) is 31.2 Å². The molecule has 1 aliphatic carbocycles. The van der Waals surface area contributed by atoms with E-state index >= 15 is 0 Å². The molecule has 1 saturated carbocycles. The van der Waals surface area contributed by atoms with Crippen molar-refractivity contribution in [1.29, 1.82) is 0 Å². The molecule has 1 aromatic rings. The molecule has 0 amide bonds. The first-order chi connectivity index (χ1) is 9.29. The monoisotopic (exact) mass is 261 g/mol. The van der Waals surface area contributed by atoms with E-state index in [-0.39, 0.29) is 0 Å². The van der Waals surface area contributed by atoms with E-state index in [1.54, 1.807) is 0 Å². The third-order valence-electron chi connectivity index (χ3n) is 4.00. The Morgan fingerprint density at radius 1 is 1.26 bits per heavy atom. The van der Waals surface area contributed by atoms with E-state index < -0.39 is 0 Å². The van der Waals surface area contributed by atoms with Gasteiger partial charge in [-0.1, -0.05) is 26.2 Å². The summed E-state index contributed by atoms with van der Waals surface area (Å²) in [7, 11) is 2.19. The molecule has 3 heteroatoms. The zero-order chi connectivity index (χ0) is 13.5. The fourth-order valence-electron chi connectivity index (χ4n) is 2.86. The minimum atomic E-state index is 0.867. The zero-order valence-corrected chi connectivity index (χ0v) is 12.4. The lowest BCUT2D eigenvalue weighted by Crippen LogP contribution is -2.26. The van der Waals surface area contributed by atoms with Crippen LogP contribution >= 0.6 is 0 Å². The first-order valence-electron chi connectivity index (χ1n) is 7.69. The molecule has 0 radical (unpaired) electrons.